The summed E-state index contributed by atoms with van der Waals surface area (Å²) in [7, 11) is -19.9. The Hall–Kier alpha value is -10.8. The maximum Gasteiger partial charge on any atom is 0.246 e. The predicted molar refractivity (Wildman–Crippen MR) is 583 cm³/mol. The number of methoxy groups -OCH3 is 1. The van der Waals surface area contributed by atoms with E-state index < -0.39 is 93.7 Å². The predicted octanol–water partition coefficient (Wildman–Crippen LogP) is 26.3. The highest BCUT2D eigenvalue weighted by atomic mass is 35.5. The SMILES string of the molecule is CC(C)n1ncc2cc(CS(=O)(=O)c3cc(Cl)cc(Cl)c3O)ccc21.COc1ccc(CN(C)S(=O)(=O)c2cc(Cl)cc(Cl)c2O)cc1.Cc1ccc(C2CC(CS(=O)(=O)c3cc(Cl)cc(Cl)c3O)C2)cc1.Cc1cccc(-c2noc(CCS(=O)(=O)c3cc(Cl)cc(Cl)c3O)n2)c1.O=S(=O)(Cc1ccc(OCc2ccccc2)cc1)c1cc(Cl)cc(Cl)c1O.O=S(=O)(Cc1cnn(-c2ccccc2)c1)c1cc(Cl)cc(Cl)c1O. The van der Waals surface area contributed by atoms with Crippen molar-refractivity contribution in [1.82, 2.24) is 34.0 Å². The minimum Gasteiger partial charge on any atom is -0.505 e. The summed E-state index contributed by atoms with van der Waals surface area (Å²) >= 11 is 70.0. The normalized spacial score (nSPS) is 13.1. The molecule has 784 valence electrons. The van der Waals surface area contributed by atoms with E-state index in [0.717, 1.165) is 62.1 Å². The van der Waals surface area contributed by atoms with Gasteiger partial charge in [-0.25, -0.2) is 55.2 Å². The van der Waals surface area contributed by atoms with Gasteiger partial charge in [0.15, 0.2) is 83.7 Å². The van der Waals surface area contributed by atoms with Crippen molar-refractivity contribution in [3.05, 3.63) is 378 Å². The maximum absolute atomic E-state index is 12.7. The molecule has 0 unspecified atom stereocenters. The molecule has 149 heavy (non-hydrogen) atoms. The van der Waals surface area contributed by atoms with E-state index >= 15 is 0 Å². The van der Waals surface area contributed by atoms with Crippen molar-refractivity contribution in [1.29, 1.82) is 0 Å². The van der Waals surface area contributed by atoms with E-state index in [2.05, 4.69) is 44.6 Å². The van der Waals surface area contributed by atoms with Crippen LogP contribution < -0.4 is 9.47 Å². The number of aromatic nitrogens is 6. The first-order chi connectivity index (χ1) is 70.2. The lowest BCUT2D eigenvalue weighted by atomic mass is 9.72. The Morgan fingerprint density at radius 2 is 0.852 bits per heavy atom. The molecule has 3 heterocycles. The second-order valence-corrected chi connectivity index (χ2v) is 51.1. The number of aromatic hydroxyl groups is 6. The number of ether oxygens (including phenoxy) is 2. The van der Waals surface area contributed by atoms with Crippen LogP contribution in [0.2, 0.25) is 60.3 Å². The lowest BCUT2D eigenvalue weighted by Gasteiger charge is -2.35. The molecule has 0 aliphatic heterocycles. The number of para-hydroxylation sites is 1. The molecule has 0 radical (unpaired) electrons. The van der Waals surface area contributed by atoms with Crippen LogP contribution in [0.3, 0.4) is 0 Å². The summed E-state index contributed by atoms with van der Waals surface area (Å²) in [4.78, 5) is 2.52. The van der Waals surface area contributed by atoms with E-state index in [-0.39, 0.29) is 149 Å². The largest absolute Gasteiger partial charge is 0.505 e. The molecule has 46 heteroatoms. The minimum atomic E-state index is -3.95. The number of fused-ring (bicyclic) bond motifs is 1. The van der Waals surface area contributed by atoms with E-state index in [0.29, 0.717) is 46.5 Å². The minimum absolute atomic E-state index is 0.000404. The summed E-state index contributed by atoms with van der Waals surface area (Å²) in [5, 5.41) is 73.1. The zero-order valence-corrected chi connectivity index (χ0v) is 93.1. The summed E-state index contributed by atoms with van der Waals surface area (Å²) in [6.45, 7) is 8.58. The van der Waals surface area contributed by atoms with Crippen LogP contribution in [-0.2, 0) is 96.0 Å². The molecular formula is C103H91Cl12N7O21S6. The number of hydrogen-bond donors (Lipinski definition) is 6. The third-order valence-electron chi connectivity index (χ3n) is 22.5. The molecule has 0 atom stereocenters. The smallest absolute Gasteiger partial charge is 0.246 e. The number of benzene rings is 13. The quantitative estimate of drug-likeness (QED) is 0.0265. The molecule has 1 fully saturated rings. The van der Waals surface area contributed by atoms with Crippen molar-refractivity contribution >= 4 is 209 Å². The lowest BCUT2D eigenvalue weighted by Crippen LogP contribution is -2.28. The Bertz CT molecular complexity index is 8300. The molecule has 1 aliphatic rings. The third-order valence-corrected chi connectivity index (χ3v) is 36.1. The second kappa shape index (κ2) is 50.6. The number of aryl methyl sites for hydroxylation is 3. The van der Waals surface area contributed by atoms with Crippen molar-refractivity contribution in [3.8, 4) is 63.1 Å². The van der Waals surface area contributed by atoms with Crippen LogP contribution in [0.25, 0.3) is 28.0 Å². The van der Waals surface area contributed by atoms with Crippen LogP contribution in [0.5, 0.6) is 46.0 Å². The summed E-state index contributed by atoms with van der Waals surface area (Å²) in [6, 6.07) is 69.2. The lowest BCUT2D eigenvalue weighted by molar-refractivity contribution is 0.290. The average molecular weight is 2380 g/mol. The number of phenolic OH excluding ortho intramolecular Hbond substituents is 6. The molecule has 0 amide bonds. The van der Waals surface area contributed by atoms with Crippen LogP contribution >= 0.6 is 139 Å². The number of nitrogens with zero attached hydrogens (tertiary/aromatic N) is 7. The average Bonchev–Trinajstić information content (AvgIpc) is 0.823. The highest BCUT2D eigenvalue weighted by Gasteiger charge is 2.37. The molecule has 1 saturated carbocycles. The van der Waals surface area contributed by atoms with E-state index in [9.17, 15) is 81.1 Å². The van der Waals surface area contributed by atoms with Crippen LogP contribution in [0.1, 0.15) is 89.0 Å². The van der Waals surface area contributed by atoms with Gasteiger partial charge in [-0.1, -0.05) is 277 Å². The summed E-state index contributed by atoms with van der Waals surface area (Å²) < 4.78 is 171. The number of sulfonamides is 1. The number of sulfone groups is 5. The highest BCUT2D eigenvalue weighted by molar-refractivity contribution is 7.92. The second-order valence-electron chi connectivity index (χ2n) is 34.1. The number of phenols is 6. The molecule has 0 spiro atoms. The van der Waals surface area contributed by atoms with E-state index in [1.54, 1.807) is 84.8 Å². The van der Waals surface area contributed by atoms with Crippen LogP contribution in [0.15, 0.2) is 301 Å². The van der Waals surface area contributed by atoms with Crippen LogP contribution in [0, 0.1) is 19.8 Å². The zero-order chi connectivity index (χ0) is 109. The third kappa shape index (κ3) is 31.1. The van der Waals surface area contributed by atoms with Gasteiger partial charge in [0.25, 0.3) is 0 Å². The summed E-state index contributed by atoms with van der Waals surface area (Å²) in [6.07, 6.45) is 6.45. The fraction of sp³-hybridized carbons (Fsp3) is 0.184. The molecule has 13 aromatic carbocycles. The molecule has 16 aromatic rings. The van der Waals surface area contributed by atoms with Crippen molar-refractivity contribution in [2.75, 3.05) is 25.7 Å². The topological polar surface area (TPSA) is 422 Å². The summed E-state index contributed by atoms with van der Waals surface area (Å²) in [5.74, 6) is -1.83. The van der Waals surface area contributed by atoms with Gasteiger partial charge in [0, 0.05) is 78.9 Å². The number of hydrogen-bond acceptors (Lipinski definition) is 25. The van der Waals surface area contributed by atoms with Crippen molar-refractivity contribution < 1.29 is 95.1 Å². The fourth-order valence-corrected chi connectivity index (χ4v) is 27.5. The Labute approximate surface area is 921 Å². The van der Waals surface area contributed by atoms with E-state index in [1.807, 2.05) is 123 Å². The maximum atomic E-state index is 12.7. The highest BCUT2D eigenvalue weighted by Crippen LogP contribution is 2.47. The molecule has 6 N–H and O–H groups in total. The van der Waals surface area contributed by atoms with E-state index in [4.69, 9.17) is 153 Å². The van der Waals surface area contributed by atoms with Gasteiger partial charge in [-0.05, 0) is 208 Å². The monoisotopic (exact) mass is 2370 g/mol. The van der Waals surface area contributed by atoms with Gasteiger partial charge in [0.2, 0.25) is 21.7 Å². The molecule has 3 aromatic heterocycles. The van der Waals surface area contributed by atoms with Crippen molar-refractivity contribution in [3.63, 3.8) is 0 Å². The first kappa shape index (κ1) is 117. The fourth-order valence-electron chi connectivity index (χ4n) is 14.9. The molecule has 0 bridgehead atoms. The number of rotatable bonds is 28. The van der Waals surface area contributed by atoms with Gasteiger partial charge in [-0.2, -0.15) is 19.5 Å². The zero-order valence-electron chi connectivity index (χ0n) is 79.1. The number of halogens is 12. The first-order valence-corrected chi connectivity index (χ1v) is 58.5. The molecule has 17 rings (SSSR count). The Kier molecular flexibility index (Phi) is 39.7. The molecule has 28 nitrogen and oxygen atoms in total. The first-order valence-electron chi connectivity index (χ1n) is 44.3. The summed E-state index contributed by atoms with van der Waals surface area (Å²) in [5.41, 5.74) is 9.47. The molecular weight excluding hydrogens is 2290 g/mol. The van der Waals surface area contributed by atoms with Gasteiger partial charge in [-0.3, -0.25) is 4.68 Å². The van der Waals surface area contributed by atoms with Gasteiger partial charge in [-0.15, -0.1) is 0 Å². The van der Waals surface area contributed by atoms with Gasteiger partial charge in [0.1, 0.15) is 47.5 Å². The molecule has 0 saturated heterocycles. The van der Waals surface area contributed by atoms with Crippen LogP contribution in [-0.4, -0.2) is 141 Å². The van der Waals surface area contributed by atoms with E-state index in [1.165, 1.54) is 91.1 Å². The Balaban J connectivity index is 0.000000159. The van der Waals surface area contributed by atoms with Crippen molar-refractivity contribution in [2.24, 2.45) is 5.92 Å². The van der Waals surface area contributed by atoms with Gasteiger partial charge >= 0.3 is 0 Å². The van der Waals surface area contributed by atoms with Crippen molar-refractivity contribution in [2.45, 2.75) is 119 Å². The van der Waals surface area contributed by atoms with Gasteiger partial charge in [0.05, 0.1) is 89.6 Å². The van der Waals surface area contributed by atoms with Crippen LogP contribution in [0.4, 0.5) is 0 Å². The standard InChI is InChI=1S/C20H16Cl2O4S.C18H18Cl2O3S.C17H14Cl2N2O4S.C17H16Cl2N2O3S.C16H12Cl2N2O3S.C15H15Cl2NO4S/c21-16-10-18(22)20(23)19(11-16)27(24,25)13-15-6-8-17(9-7-15)26-12-14-4-2-1-3-5-14;1-11-2-4-13(5-3-11)14-6-12(7-14)10-24(22,23)17-9-15(19)8-16(20)18(17)21;1-10-3-2-4-11(7-10)17-20-15(25-21-17)5-6-26(23,24)14-9-12(18)8-13(19)16(14)22;1-10(2)21-15-4-3-11(5-12(15)8-20-21)9-25(23,24)16-7-13(18)6-14(19)17(16)22;17-12-6-14(18)16(21)15(7-12)24(22,23)10-11-8-19-20(9-11)13-4-2-1-3-5-13;1-18(9-10-3-5-12(22-2)6-4-10)23(20,21)14-8-11(16)7-13(17)15(14)19/h1-11,23H,12-13H2;2-5,8-9,12,14,21H,6-7,10H2,1H3;2-4,7-9,22H,5-6H2,1H3;3-8,10,22H,9H2,1-2H3;1-9,21H,10H2;3-8,19H,9H2,1-2H3. The molecule has 1 aliphatic carbocycles. The Morgan fingerprint density at radius 1 is 0.423 bits per heavy atom. The Morgan fingerprint density at radius 3 is 1.33 bits per heavy atom. The van der Waals surface area contributed by atoms with Gasteiger partial charge < -0.3 is 44.6 Å².